The number of amides is 1. The molecule has 3 rings (SSSR count). The standard InChI is InChI=1S/C20H24ClN3OS/c1-13-22-10-9-19(23-13)24-20(25)16(11-14-5-3-4-6-14)15-7-8-18(26-2)17(21)12-15/h7-10,12,14,16H,3-6,11H2,1-2H3,(H,22,23,24,25)/t16-/m1/s1. The Kier molecular flexibility index (Phi) is 6.54. The van der Waals surface area contributed by atoms with E-state index in [0.29, 0.717) is 22.6 Å². The molecular formula is C20H24ClN3OS. The molecule has 1 atom stereocenters. The van der Waals surface area contributed by atoms with Gasteiger partial charge in [0.05, 0.1) is 10.9 Å². The summed E-state index contributed by atoms with van der Waals surface area (Å²) < 4.78 is 0. The molecule has 1 aliphatic carbocycles. The van der Waals surface area contributed by atoms with Crippen LogP contribution in [0.4, 0.5) is 5.82 Å². The first-order valence-electron chi connectivity index (χ1n) is 9.00. The van der Waals surface area contributed by atoms with E-state index in [9.17, 15) is 4.79 Å². The Morgan fingerprint density at radius 2 is 2.12 bits per heavy atom. The Morgan fingerprint density at radius 3 is 2.77 bits per heavy atom. The third-order valence-electron chi connectivity index (χ3n) is 4.97. The Hall–Kier alpha value is -1.59. The van der Waals surface area contributed by atoms with Crippen LogP contribution in [0.25, 0.3) is 0 Å². The van der Waals surface area contributed by atoms with Crippen molar-refractivity contribution in [2.24, 2.45) is 5.92 Å². The van der Waals surface area contributed by atoms with Crippen molar-refractivity contribution in [3.63, 3.8) is 0 Å². The number of hydrogen-bond donors (Lipinski definition) is 1. The first kappa shape index (κ1) is 19.2. The summed E-state index contributed by atoms with van der Waals surface area (Å²) in [6.45, 7) is 1.81. The van der Waals surface area contributed by atoms with Gasteiger partial charge in [-0.2, -0.15) is 0 Å². The van der Waals surface area contributed by atoms with Gasteiger partial charge in [0.25, 0.3) is 0 Å². The molecule has 1 heterocycles. The molecule has 0 bridgehead atoms. The number of nitrogens with zero attached hydrogens (tertiary/aromatic N) is 2. The van der Waals surface area contributed by atoms with Gasteiger partial charge in [-0.25, -0.2) is 9.97 Å². The number of anilines is 1. The van der Waals surface area contributed by atoms with E-state index >= 15 is 0 Å². The summed E-state index contributed by atoms with van der Waals surface area (Å²) in [7, 11) is 0. The van der Waals surface area contributed by atoms with Gasteiger partial charge in [0.15, 0.2) is 0 Å². The third-order valence-corrected chi connectivity index (χ3v) is 6.19. The van der Waals surface area contributed by atoms with E-state index in [-0.39, 0.29) is 11.8 Å². The fourth-order valence-electron chi connectivity index (χ4n) is 3.61. The maximum absolute atomic E-state index is 13.1. The predicted octanol–water partition coefficient (Wildman–Crippen LogP) is 5.46. The highest BCUT2D eigenvalue weighted by Gasteiger charge is 2.27. The number of aromatic nitrogens is 2. The lowest BCUT2D eigenvalue weighted by molar-refractivity contribution is -0.118. The number of halogens is 1. The molecule has 2 aromatic rings. The van der Waals surface area contributed by atoms with Gasteiger partial charge in [-0.05, 0) is 49.3 Å². The van der Waals surface area contributed by atoms with Crippen LogP contribution in [0.3, 0.4) is 0 Å². The summed E-state index contributed by atoms with van der Waals surface area (Å²) in [4.78, 5) is 22.5. The number of thioether (sulfide) groups is 1. The molecule has 138 valence electrons. The summed E-state index contributed by atoms with van der Waals surface area (Å²) in [6, 6.07) is 7.70. The van der Waals surface area contributed by atoms with E-state index in [2.05, 4.69) is 15.3 Å². The zero-order chi connectivity index (χ0) is 18.5. The van der Waals surface area contributed by atoms with E-state index in [1.54, 1.807) is 24.0 Å². The fourth-order valence-corrected chi connectivity index (χ4v) is 4.49. The first-order valence-corrected chi connectivity index (χ1v) is 10.6. The second kappa shape index (κ2) is 8.87. The average Bonchev–Trinajstić information content (AvgIpc) is 3.13. The minimum absolute atomic E-state index is 0.0250. The number of aryl methyl sites for hydroxylation is 1. The molecule has 1 amide bonds. The van der Waals surface area contributed by atoms with Crippen molar-refractivity contribution < 1.29 is 4.79 Å². The van der Waals surface area contributed by atoms with Crippen molar-refractivity contribution in [3.8, 4) is 0 Å². The topological polar surface area (TPSA) is 54.9 Å². The summed E-state index contributed by atoms with van der Waals surface area (Å²) in [6.07, 6.45) is 9.44. The van der Waals surface area contributed by atoms with Crippen molar-refractivity contribution >= 4 is 35.1 Å². The third kappa shape index (κ3) is 4.77. The monoisotopic (exact) mass is 389 g/mol. The van der Waals surface area contributed by atoms with Crippen LogP contribution < -0.4 is 5.32 Å². The zero-order valence-corrected chi connectivity index (χ0v) is 16.7. The summed E-state index contributed by atoms with van der Waals surface area (Å²) in [5.41, 5.74) is 0.975. The number of rotatable bonds is 6. The van der Waals surface area contributed by atoms with E-state index < -0.39 is 0 Å². The second-order valence-corrected chi connectivity index (χ2v) is 8.07. The van der Waals surface area contributed by atoms with E-state index in [1.165, 1.54) is 25.7 Å². The van der Waals surface area contributed by atoms with Gasteiger partial charge < -0.3 is 5.32 Å². The highest BCUT2D eigenvalue weighted by molar-refractivity contribution is 7.98. The molecule has 0 saturated heterocycles. The number of hydrogen-bond acceptors (Lipinski definition) is 4. The molecule has 1 aliphatic rings. The maximum Gasteiger partial charge on any atom is 0.233 e. The van der Waals surface area contributed by atoms with Crippen LogP contribution in [0.1, 0.15) is 49.4 Å². The lowest BCUT2D eigenvalue weighted by atomic mass is 9.87. The molecule has 4 nitrogen and oxygen atoms in total. The normalized spacial score (nSPS) is 15.8. The van der Waals surface area contributed by atoms with Crippen LogP contribution in [0, 0.1) is 12.8 Å². The summed E-state index contributed by atoms with van der Waals surface area (Å²) in [5.74, 6) is 1.54. The lowest BCUT2D eigenvalue weighted by Gasteiger charge is -2.21. The quantitative estimate of drug-likeness (QED) is 0.666. The number of carbonyl (C=O) groups excluding carboxylic acids is 1. The Labute approximate surface area is 164 Å². The lowest BCUT2D eigenvalue weighted by Crippen LogP contribution is -2.24. The molecule has 1 N–H and O–H groups in total. The Bertz CT molecular complexity index is 777. The van der Waals surface area contributed by atoms with Crippen LogP contribution in [0.5, 0.6) is 0 Å². The van der Waals surface area contributed by atoms with Crippen molar-refractivity contribution in [2.45, 2.75) is 49.8 Å². The largest absolute Gasteiger partial charge is 0.310 e. The molecule has 26 heavy (non-hydrogen) atoms. The van der Waals surface area contributed by atoms with Gasteiger partial charge in [-0.15, -0.1) is 11.8 Å². The van der Waals surface area contributed by atoms with Gasteiger partial charge in [-0.1, -0.05) is 43.4 Å². The SMILES string of the molecule is CSc1ccc([C@@H](CC2CCCC2)C(=O)Nc2ccnc(C)n2)cc1Cl. The van der Waals surface area contributed by atoms with Gasteiger partial charge in [-0.3, -0.25) is 4.79 Å². The predicted molar refractivity (Wildman–Crippen MR) is 108 cm³/mol. The van der Waals surface area contributed by atoms with Crippen molar-refractivity contribution in [1.82, 2.24) is 9.97 Å². The molecule has 1 saturated carbocycles. The molecule has 1 fully saturated rings. The average molecular weight is 390 g/mol. The van der Waals surface area contributed by atoms with Gasteiger partial charge in [0.1, 0.15) is 11.6 Å². The molecule has 0 unspecified atom stereocenters. The van der Waals surface area contributed by atoms with Gasteiger partial charge in [0.2, 0.25) is 5.91 Å². The zero-order valence-electron chi connectivity index (χ0n) is 15.2. The fraction of sp³-hybridized carbons (Fsp3) is 0.450. The van der Waals surface area contributed by atoms with E-state index in [0.717, 1.165) is 16.9 Å². The van der Waals surface area contributed by atoms with Crippen LogP contribution in [0.2, 0.25) is 5.02 Å². The van der Waals surface area contributed by atoms with Crippen LogP contribution in [-0.2, 0) is 4.79 Å². The Balaban J connectivity index is 1.84. The van der Waals surface area contributed by atoms with Gasteiger partial charge >= 0.3 is 0 Å². The van der Waals surface area contributed by atoms with Crippen LogP contribution in [0.15, 0.2) is 35.4 Å². The smallest absolute Gasteiger partial charge is 0.233 e. The van der Waals surface area contributed by atoms with Crippen molar-refractivity contribution in [1.29, 1.82) is 0 Å². The maximum atomic E-state index is 13.1. The van der Waals surface area contributed by atoms with Gasteiger partial charge in [0, 0.05) is 11.1 Å². The molecule has 1 aromatic heterocycles. The van der Waals surface area contributed by atoms with Crippen molar-refractivity contribution in [2.75, 3.05) is 11.6 Å². The molecule has 1 aromatic carbocycles. The minimum atomic E-state index is -0.221. The van der Waals surface area contributed by atoms with Crippen LogP contribution in [-0.4, -0.2) is 22.1 Å². The highest BCUT2D eigenvalue weighted by Crippen LogP contribution is 2.37. The minimum Gasteiger partial charge on any atom is -0.310 e. The summed E-state index contributed by atoms with van der Waals surface area (Å²) in [5, 5.41) is 3.67. The second-order valence-electron chi connectivity index (χ2n) is 6.81. The first-order chi connectivity index (χ1) is 12.6. The van der Waals surface area contributed by atoms with Crippen molar-refractivity contribution in [3.05, 3.63) is 46.9 Å². The van der Waals surface area contributed by atoms with Crippen LogP contribution >= 0.6 is 23.4 Å². The Morgan fingerprint density at radius 1 is 1.35 bits per heavy atom. The number of carbonyl (C=O) groups is 1. The molecule has 6 heteroatoms. The molecule has 0 radical (unpaired) electrons. The van der Waals surface area contributed by atoms with E-state index in [4.69, 9.17) is 11.6 Å². The molecule has 0 aliphatic heterocycles. The molecular weight excluding hydrogens is 366 g/mol. The summed E-state index contributed by atoms with van der Waals surface area (Å²) >= 11 is 8.01. The van der Waals surface area contributed by atoms with E-state index in [1.807, 2.05) is 31.4 Å². The number of nitrogens with one attached hydrogen (secondary N) is 1. The molecule has 0 spiro atoms. The highest BCUT2D eigenvalue weighted by atomic mass is 35.5. The number of benzene rings is 1.